The van der Waals surface area contributed by atoms with Gasteiger partial charge in [-0.1, -0.05) is 12.1 Å². The van der Waals surface area contributed by atoms with E-state index in [0.717, 1.165) is 37.7 Å². The van der Waals surface area contributed by atoms with Gasteiger partial charge in [0.05, 0.1) is 19.7 Å². The van der Waals surface area contributed by atoms with E-state index in [4.69, 9.17) is 4.74 Å². The molecule has 1 aromatic carbocycles. The van der Waals surface area contributed by atoms with Crippen LogP contribution in [-0.2, 0) is 9.53 Å². The molecule has 2 aliphatic heterocycles. The van der Waals surface area contributed by atoms with E-state index in [9.17, 15) is 9.18 Å². The lowest BCUT2D eigenvalue weighted by Crippen LogP contribution is -2.52. The molecule has 28 heavy (non-hydrogen) atoms. The summed E-state index contributed by atoms with van der Waals surface area (Å²) >= 11 is 0. The van der Waals surface area contributed by atoms with Gasteiger partial charge in [-0.25, -0.2) is 14.4 Å². The molecule has 1 amide bonds. The molecule has 0 bridgehead atoms. The first-order chi connectivity index (χ1) is 13.7. The molecule has 1 atom stereocenters. The highest BCUT2D eigenvalue weighted by molar-refractivity contribution is 5.78. The van der Waals surface area contributed by atoms with E-state index in [1.807, 2.05) is 4.90 Å². The first-order valence-electron chi connectivity index (χ1n) is 9.58. The fraction of sp³-hybridized carbons (Fsp3) is 0.450. The van der Waals surface area contributed by atoms with Crippen LogP contribution < -0.4 is 4.90 Å². The Labute approximate surface area is 163 Å². The summed E-state index contributed by atoms with van der Waals surface area (Å²) in [6, 6.07) is 8.10. The number of nitrogens with zero attached hydrogens (tertiary/aromatic N) is 5. The van der Waals surface area contributed by atoms with E-state index < -0.39 is 0 Å². The van der Waals surface area contributed by atoms with Crippen molar-refractivity contribution in [1.29, 1.82) is 0 Å². The van der Waals surface area contributed by atoms with E-state index in [-0.39, 0.29) is 17.8 Å². The van der Waals surface area contributed by atoms with Gasteiger partial charge in [0.1, 0.15) is 11.9 Å². The van der Waals surface area contributed by atoms with Crippen molar-refractivity contribution in [1.82, 2.24) is 19.8 Å². The Morgan fingerprint density at radius 1 is 1.07 bits per heavy atom. The molecule has 4 rings (SSSR count). The number of aromatic nitrogens is 2. The Balaban J connectivity index is 1.28. The van der Waals surface area contributed by atoms with E-state index in [2.05, 4.69) is 19.8 Å². The standard InChI is InChI=1S/C20H24FN5O2/c21-17-4-2-16(3-5-17)18-14-26(12-13-28-18)19(27)15-24-8-10-25(11-9-24)20-22-6-1-7-23-20/h1-7,18H,8-15H2. The molecule has 2 fully saturated rings. The van der Waals surface area contributed by atoms with Gasteiger partial charge >= 0.3 is 0 Å². The van der Waals surface area contributed by atoms with Gasteiger partial charge in [-0.15, -0.1) is 0 Å². The molecule has 2 saturated heterocycles. The van der Waals surface area contributed by atoms with Crippen LogP contribution in [0.1, 0.15) is 11.7 Å². The van der Waals surface area contributed by atoms with Crippen molar-refractivity contribution in [2.75, 3.05) is 57.3 Å². The quantitative estimate of drug-likeness (QED) is 0.792. The van der Waals surface area contributed by atoms with Gasteiger partial charge in [0.15, 0.2) is 0 Å². The number of morpholine rings is 1. The second-order valence-electron chi connectivity index (χ2n) is 7.06. The van der Waals surface area contributed by atoms with Crippen LogP contribution in [0.4, 0.5) is 10.3 Å². The zero-order chi connectivity index (χ0) is 19.3. The van der Waals surface area contributed by atoms with Crippen molar-refractivity contribution in [2.45, 2.75) is 6.10 Å². The van der Waals surface area contributed by atoms with Gasteiger partial charge in [-0.05, 0) is 23.8 Å². The monoisotopic (exact) mass is 385 g/mol. The van der Waals surface area contributed by atoms with Crippen LogP contribution >= 0.6 is 0 Å². The summed E-state index contributed by atoms with van der Waals surface area (Å²) in [6.07, 6.45) is 3.29. The molecule has 148 valence electrons. The van der Waals surface area contributed by atoms with Gasteiger partial charge in [0.25, 0.3) is 0 Å². The zero-order valence-corrected chi connectivity index (χ0v) is 15.7. The maximum absolute atomic E-state index is 13.1. The number of hydrogen-bond acceptors (Lipinski definition) is 6. The number of ether oxygens (including phenoxy) is 1. The third kappa shape index (κ3) is 4.45. The summed E-state index contributed by atoms with van der Waals surface area (Å²) < 4.78 is 18.9. The number of carbonyl (C=O) groups is 1. The van der Waals surface area contributed by atoms with Crippen LogP contribution in [0, 0.1) is 5.82 Å². The molecule has 0 spiro atoms. The minimum absolute atomic E-state index is 0.111. The van der Waals surface area contributed by atoms with Crippen molar-refractivity contribution < 1.29 is 13.9 Å². The van der Waals surface area contributed by atoms with E-state index in [0.29, 0.717) is 26.2 Å². The third-order valence-electron chi connectivity index (χ3n) is 5.23. The predicted molar refractivity (Wildman–Crippen MR) is 102 cm³/mol. The smallest absolute Gasteiger partial charge is 0.236 e. The Hall–Kier alpha value is -2.58. The Morgan fingerprint density at radius 3 is 2.50 bits per heavy atom. The lowest BCUT2D eigenvalue weighted by molar-refractivity contribution is -0.140. The number of halogens is 1. The molecular weight excluding hydrogens is 361 g/mol. The number of anilines is 1. The minimum Gasteiger partial charge on any atom is -0.370 e. The van der Waals surface area contributed by atoms with Crippen LogP contribution in [0.5, 0.6) is 0 Å². The van der Waals surface area contributed by atoms with Crippen LogP contribution in [0.15, 0.2) is 42.7 Å². The maximum Gasteiger partial charge on any atom is 0.236 e. The molecule has 7 nitrogen and oxygen atoms in total. The summed E-state index contributed by atoms with van der Waals surface area (Å²) in [5, 5.41) is 0. The second-order valence-corrected chi connectivity index (χ2v) is 7.06. The molecule has 0 radical (unpaired) electrons. The van der Waals surface area contributed by atoms with Crippen molar-refractivity contribution in [2.24, 2.45) is 0 Å². The Morgan fingerprint density at radius 2 is 1.79 bits per heavy atom. The molecule has 0 aliphatic carbocycles. The minimum atomic E-state index is -0.271. The van der Waals surface area contributed by atoms with Crippen LogP contribution in [0.3, 0.4) is 0 Å². The van der Waals surface area contributed by atoms with Gasteiger partial charge in [0, 0.05) is 45.1 Å². The highest BCUT2D eigenvalue weighted by Gasteiger charge is 2.27. The van der Waals surface area contributed by atoms with E-state index in [1.165, 1.54) is 12.1 Å². The summed E-state index contributed by atoms with van der Waals surface area (Å²) in [7, 11) is 0. The Kier molecular flexibility index (Phi) is 5.78. The lowest BCUT2D eigenvalue weighted by Gasteiger charge is -2.37. The van der Waals surface area contributed by atoms with Gasteiger partial charge in [-0.3, -0.25) is 9.69 Å². The molecule has 0 saturated carbocycles. The zero-order valence-electron chi connectivity index (χ0n) is 15.7. The van der Waals surface area contributed by atoms with Crippen molar-refractivity contribution >= 4 is 11.9 Å². The number of hydrogen-bond donors (Lipinski definition) is 0. The molecule has 1 aromatic heterocycles. The second kappa shape index (κ2) is 8.62. The fourth-order valence-corrected chi connectivity index (χ4v) is 3.61. The summed E-state index contributed by atoms with van der Waals surface area (Å²) in [5.41, 5.74) is 0.898. The predicted octanol–water partition coefficient (Wildman–Crippen LogP) is 1.34. The number of piperazine rings is 1. The van der Waals surface area contributed by atoms with Gasteiger partial charge in [0.2, 0.25) is 11.9 Å². The number of carbonyl (C=O) groups excluding carboxylic acids is 1. The number of rotatable bonds is 4. The third-order valence-corrected chi connectivity index (χ3v) is 5.23. The van der Waals surface area contributed by atoms with Crippen molar-refractivity contribution in [3.63, 3.8) is 0 Å². The van der Waals surface area contributed by atoms with Crippen molar-refractivity contribution in [3.8, 4) is 0 Å². The van der Waals surface area contributed by atoms with Gasteiger partial charge < -0.3 is 14.5 Å². The Bertz CT molecular complexity index is 781. The van der Waals surface area contributed by atoms with Gasteiger partial charge in [-0.2, -0.15) is 0 Å². The first-order valence-corrected chi connectivity index (χ1v) is 9.58. The molecule has 2 aliphatic rings. The fourth-order valence-electron chi connectivity index (χ4n) is 3.61. The number of benzene rings is 1. The molecular formula is C20H24FN5O2. The van der Waals surface area contributed by atoms with Crippen LogP contribution in [-0.4, -0.2) is 78.1 Å². The van der Waals surface area contributed by atoms with Crippen LogP contribution in [0.2, 0.25) is 0 Å². The normalized spacial score (nSPS) is 21.0. The molecule has 3 heterocycles. The molecule has 8 heteroatoms. The largest absolute Gasteiger partial charge is 0.370 e. The van der Waals surface area contributed by atoms with Crippen LogP contribution in [0.25, 0.3) is 0 Å². The summed E-state index contributed by atoms with van der Waals surface area (Å²) in [4.78, 5) is 27.5. The van der Waals surface area contributed by atoms with E-state index >= 15 is 0 Å². The summed E-state index contributed by atoms with van der Waals surface area (Å²) in [5.74, 6) is 0.580. The maximum atomic E-state index is 13.1. The number of amides is 1. The average Bonchev–Trinajstić information content (AvgIpc) is 2.75. The average molecular weight is 385 g/mol. The molecule has 0 N–H and O–H groups in total. The highest BCUT2D eigenvalue weighted by Crippen LogP contribution is 2.22. The topological polar surface area (TPSA) is 61.8 Å². The molecule has 1 unspecified atom stereocenters. The molecule has 2 aromatic rings. The first kappa shape index (κ1) is 18.8. The van der Waals surface area contributed by atoms with Crippen molar-refractivity contribution in [3.05, 3.63) is 54.1 Å². The lowest BCUT2D eigenvalue weighted by atomic mass is 10.1. The van der Waals surface area contributed by atoms with E-state index in [1.54, 1.807) is 30.6 Å². The SMILES string of the molecule is O=C(CN1CCN(c2ncccn2)CC1)N1CCOC(c2ccc(F)cc2)C1. The highest BCUT2D eigenvalue weighted by atomic mass is 19.1. The summed E-state index contributed by atoms with van der Waals surface area (Å²) in [6.45, 7) is 5.20.